The molecule has 0 amide bonds. The summed E-state index contributed by atoms with van der Waals surface area (Å²) in [5, 5.41) is 14.7. The van der Waals surface area contributed by atoms with Gasteiger partial charge in [-0.25, -0.2) is 0 Å². The Morgan fingerprint density at radius 1 is 0.275 bits per heavy atom. The number of fused-ring (bicyclic) bond motifs is 11. The normalized spacial score (nSPS) is 11.9. The van der Waals surface area contributed by atoms with Crippen LogP contribution in [0.5, 0.6) is 0 Å². The maximum Gasteiger partial charge on any atom is 0.143 e. The predicted octanol–water partition coefficient (Wildman–Crippen LogP) is 14.4. The monoisotopic (exact) mass is 646 g/mol. The van der Waals surface area contributed by atoms with E-state index in [0.717, 1.165) is 21.9 Å². The zero-order valence-corrected chi connectivity index (χ0v) is 27.7. The zero-order valence-electron chi connectivity index (χ0n) is 27.7. The van der Waals surface area contributed by atoms with Crippen molar-refractivity contribution in [2.75, 3.05) is 0 Å². The van der Waals surface area contributed by atoms with Gasteiger partial charge in [-0.15, -0.1) is 0 Å². The lowest BCUT2D eigenvalue weighted by atomic mass is 9.83. The van der Waals surface area contributed by atoms with Gasteiger partial charge in [0, 0.05) is 16.2 Å². The minimum absolute atomic E-state index is 0.922. The topological polar surface area (TPSA) is 13.1 Å². The predicted molar refractivity (Wildman–Crippen MR) is 218 cm³/mol. The number of rotatable bonds is 3. The summed E-state index contributed by atoms with van der Waals surface area (Å²) < 4.78 is 6.60. The van der Waals surface area contributed by atoms with Crippen molar-refractivity contribution < 1.29 is 4.42 Å². The standard InChI is InChI=1S/C50H30O/c1-2-14-31(15-3-1)33-28-29-42(35-17-5-4-16-34(33)35)48-40-22-10-8-20-38(40)47(39-21-9-11-23-41(39)48)32-26-27-43-45(30-32)36-18-6-7-19-37(36)49-44-24-12-13-25-46(44)51-50(43)49/h1-30H. The van der Waals surface area contributed by atoms with Gasteiger partial charge in [0.2, 0.25) is 0 Å². The van der Waals surface area contributed by atoms with Crippen molar-refractivity contribution in [1.82, 2.24) is 0 Å². The Balaban J connectivity index is 1.22. The highest BCUT2D eigenvalue weighted by molar-refractivity contribution is 6.31. The van der Waals surface area contributed by atoms with Gasteiger partial charge in [-0.3, -0.25) is 0 Å². The second-order valence-corrected chi connectivity index (χ2v) is 13.5. The Bertz CT molecular complexity index is 3130. The van der Waals surface area contributed by atoms with Crippen LogP contribution in [0.1, 0.15) is 0 Å². The molecule has 10 aromatic carbocycles. The molecule has 0 aliphatic carbocycles. The molecule has 1 aromatic heterocycles. The van der Waals surface area contributed by atoms with Crippen molar-refractivity contribution in [3.05, 3.63) is 182 Å². The second-order valence-electron chi connectivity index (χ2n) is 13.5. The second kappa shape index (κ2) is 10.9. The third-order valence-electron chi connectivity index (χ3n) is 10.8. The van der Waals surface area contributed by atoms with Gasteiger partial charge in [0.05, 0.1) is 0 Å². The quantitative estimate of drug-likeness (QED) is 0.138. The number of hydrogen-bond donors (Lipinski definition) is 0. The third kappa shape index (κ3) is 4.09. The van der Waals surface area contributed by atoms with Gasteiger partial charge in [0.15, 0.2) is 0 Å². The first-order chi connectivity index (χ1) is 25.3. The molecule has 11 rings (SSSR count). The van der Waals surface area contributed by atoms with Gasteiger partial charge in [0.1, 0.15) is 11.2 Å². The number of para-hydroxylation sites is 1. The Labute approximate surface area is 294 Å². The van der Waals surface area contributed by atoms with Crippen molar-refractivity contribution >= 4 is 75.8 Å². The van der Waals surface area contributed by atoms with Crippen LogP contribution >= 0.6 is 0 Å². The van der Waals surface area contributed by atoms with Gasteiger partial charge in [-0.1, -0.05) is 164 Å². The van der Waals surface area contributed by atoms with Crippen LogP contribution in [0.25, 0.3) is 109 Å². The van der Waals surface area contributed by atoms with Crippen LogP contribution in [0.15, 0.2) is 186 Å². The molecule has 0 unspecified atom stereocenters. The minimum Gasteiger partial charge on any atom is -0.455 e. The number of furan rings is 1. The first-order valence-corrected chi connectivity index (χ1v) is 17.6. The smallest absolute Gasteiger partial charge is 0.143 e. The fourth-order valence-electron chi connectivity index (χ4n) is 8.68. The van der Waals surface area contributed by atoms with E-state index in [4.69, 9.17) is 4.42 Å². The van der Waals surface area contributed by atoms with E-state index in [1.807, 2.05) is 6.07 Å². The summed E-state index contributed by atoms with van der Waals surface area (Å²) in [6.45, 7) is 0. The SMILES string of the molecule is c1ccc(-c2ccc(-c3c4ccccc4c(-c4ccc5c(c4)c4ccccc4c4c6ccccc6oc54)c4ccccc34)c3ccccc23)cc1. The van der Waals surface area contributed by atoms with E-state index in [2.05, 4.69) is 176 Å². The average Bonchev–Trinajstić information content (AvgIpc) is 3.60. The number of hydrogen-bond acceptors (Lipinski definition) is 1. The molecular formula is C50H30O. The Morgan fingerprint density at radius 3 is 1.47 bits per heavy atom. The minimum atomic E-state index is 0.922. The molecule has 51 heavy (non-hydrogen) atoms. The summed E-state index contributed by atoms with van der Waals surface area (Å²) in [7, 11) is 0. The maximum atomic E-state index is 6.60. The van der Waals surface area contributed by atoms with E-state index >= 15 is 0 Å². The fourth-order valence-corrected chi connectivity index (χ4v) is 8.68. The largest absolute Gasteiger partial charge is 0.455 e. The molecule has 1 heteroatoms. The van der Waals surface area contributed by atoms with Gasteiger partial charge in [0.25, 0.3) is 0 Å². The summed E-state index contributed by atoms with van der Waals surface area (Å²) in [4.78, 5) is 0. The van der Waals surface area contributed by atoms with Crippen LogP contribution in [-0.2, 0) is 0 Å². The van der Waals surface area contributed by atoms with E-state index in [1.54, 1.807) is 0 Å². The van der Waals surface area contributed by atoms with Gasteiger partial charge < -0.3 is 4.42 Å². The van der Waals surface area contributed by atoms with E-state index in [-0.39, 0.29) is 0 Å². The highest BCUT2D eigenvalue weighted by Crippen LogP contribution is 2.48. The van der Waals surface area contributed by atoms with Crippen molar-refractivity contribution in [3.8, 4) is 33.4 Å². The molecule has 0 spiro atoms. The highest BCUT2D eigenvalue weighted by Gasteiger charge is 2.21. The van der Waals surface area contributed by atoms with Gasteiger partial charge in [-0.2, -0.15) is 0 Å². The van der Waals surface area contributed by atoms with Crippen LogP contribution in [0.3, 0.4) is 0 Å². The number of benzene rings is 10. The Morgan fingerprint density at radius 2 is 0.784 bits per heavy atom. The summed E-state index contributed by atoms with van der Waals surface area (Å²) in [5.41, 5.74) is 9.34. The van der Waals surface area contributed by atoms with Crippen molar-refractivity contribution in [2.45, 2.75) is 0 Å². The molecule has 0 fully saturated rings. The van der Waals surface area contributed by atoms with Crippen LogP contribution in [0.2, 0.25) is 0 Å². The van der Waals surface area contributed by atoms with E-state index in [0.29, 0.717) is 0 Å². The summed E-state index contributed by atoms with van der Waals surface area (Å²) in [5.74, 6) is 0. The zero-order chi connectivity index (χ0) is 33.5. The molecule has 11 aromatic rings. The maximum absolute atomic E-state index is 6.60. The molecule has 236 valence electrons. The first-order valence-electron chi connectivity index (χ1n) is 17.6. The van der Waals surface area contributed by atoms with Crippen LogP contribution in [0, 0.1) is 0 Å². The molecule has 0 radical (unpaired) electrons. The summed E-state index contributed by atoms with van der Waals surface area (Å²) >= 11 is 0. The van der Waals surface area contributed by atoms with Crippen LogP contribution in [-0.4, -0.2) is 0 Å². The molecule has 0 N–H and O–H groups in total. The Kier molecular flexibility index (Phi) is 6.02. The molecule has 0 bridgehead atoms. The first kappa shape index (κ1) is 28.2. The van der Waals surface area contributed by atoms with Crippen molar-refractivity contribution in [2.24, 2.45) is 0 Å². The van der Waals surface area contributed by atoms with Gasteiger partial charge >= 0.3 is 0 Å². The van der Waals surface area contributed by atoms with Gasteiger partial charge in [-0.05, 0) is 100 Å². The van der Waals surface area contributed by atoms with Crippen LogP contribution < -0.4 is 0 Å². The lowest BCUT2D eigenvalue weighted by molar-refractivity contribution is 0.673. The van der Waals surface area contributed by atoms with Crippen molar-refractivity contribution in [1.29, 1.82) is 0 Å². The average molecular weight is 647 g/mol. The van der Waals surface area contributed by atoms with Crippen LogP contribution in [0.4, 0.5) is 0 Å². The third-order valence-corrected chi connectivity index (χ3v) is 10.8. The summed E-state index contributed by atoms with van der Waals surface area (Å²) in [6.07, 6.45) is 0. The molecule has 0 atom stereocenters. The molecular weight excluding hydrogens is 617 g/mol. The van der Waals surface area contributed by atoms with Crippen molar-refractivity contribution in [3.63, 3.8) is 0 Å². The molecule has 0 aliphatic rings. The molecule has 0 saturated carbocycles. The van der Waals surface area contributed by atoms with E-state index in [1.165, 1.54) is 87.2 Å². The fraction of sp³-hybridized carbons (Fsp3) is 0. The van der Waals surface area contributed by atoms with E-state index in [9.17, 15) is 0 Å². The lowest BCUT2D eigenvalue weighted by Crippen LogP contribution is -1.92. The molecule has 1 nitrogen and oxygen atoms in total. The highest BCUT2D eigenvalue weighted by atomic mass is 16.3. The summed E-state index contributed by atoms with van der Waals surface area (Å²) in [6, 6.07) is 66.2. The molecule has 0 saturated heterocycles. The molecule has 1 heterocycles. The Hall–Kier alpha value is -6.70. The lowest BCUT2D eigenvalue weighted by Gasteiger charge is -2.20. The molecule has 0 aliphatic heterocycles. The van der Waals surface area contributed by atoms with E-state index < -0.39 is 0 Å².